The van der Waals surface area contributed by atoms with Gasteiger partial charge in [0.25, 0.3) is 0 Å². The van der Waals surface area contributed by atoms with Crippen LogP contribution < -0.4 is 20.9 Å². The van der Waals surface area contributed by atoms with E-state index in [1.165, 1.54) is 0 Å². The molecule has 0 atom stereocenters. The Morgan fingerprint density at radius 2 is 1.78 bits per heavy atom. The van der Waals surface area contributed by atoms with Gasteiger partial charge in [0, 0.05) is 69.5 Å². The average Bonchev–Trinajstić information content (AvgIpc) is 2.96. The van der Waals surface area contributed by atoms with Crippen LogP contribution in [0.3, 0.4) is 0 Å². The highest BCUT2D eigenvalue weighted by Crippen LogP contribution is 2.25. The van der Waals surface area contributed by atoms with E-state index in [9.17, 15) is 4.79 Å². The van der Waals surface area contributed by atoms with E-state index >= 15 is 0 Å². The third kappa shape index (κ3) is 6.82. The summed E-state index contributed by atoms with van der Waals surface area (Å²) in [6.45, 7) is 7.01. The number of rotatable bonds is 9. The number of ether oxygens (including phenoxy) is 1. The second-order valence-electron chi connectivity index (χ2n) is 10.2. The molecule has 0 aliphatic carbocycles. The molecular formula is C30H33N9O2. The van der Waals surface area contributed by atoms with Crippen molar-refractivity contribution in [2.24, 2.45) is 0 Å². The van der Waals surface area contributed by atoms with E-state index in [0.717, 1.165) is 61.8 Å². The third-order valence-electron chi connectivity index (χ3n) is 7.08. The van der Waals surface area contributed by atoms with Crippen molar-refractivity contribution >= 4 is 23.3 Å². The number of aromatic nitrogens is 5. The van der Waals surface area contributed by atoms with Crippen LogP contribution in [0.5, 0.6) is 0 Å². The van der Waals surface area contributed by atoms with E-state index in [-0.39, 0.29) is 18.5 Å². The Morgan fingerprint density at radius 1 is 0.976 bits per heavy atom. The van der Waals surface area contributed by atoms with E-state index in [4.69, 9.17) is 9.72 Å². The van der Waals surface area contributed by atoms with Crippen molar-refractivity contribution in [1.82, 2.24) is 35.6 Å². The maximum atomic E-state index is 12.7. The lowest BCUT2D eigenvalue weighted by molar-refractivity contribution is -0.150. The number of hydrogen-bond acceptors (Lipinski definition) is 11. The predicted molar refractivity (Wildman–Crippen MR) is 156 cm³/mol. The molecule has 210 valence electrons. The fraction of sp³-hybridized carbons (Fsp3) is 0.333. The minimum absolute atomic E-state index is 0.0315. The van der Waals surface area contributed by atoms with Crippen LogP contribution in [0.2, 0.25) is 0 Å². The number of aryl methyl sites for hydroxylation is 1. The van der Waals surface area contributed by atoms with Crippen molar-refractivity contribution < 1.29 is 9.53 Å². The highest BCUT2D eigenvalue weighted by atomic mass is 16.5. The van der Waals surface area contributed by atoms with Crippen molar-refractivity contribution in [3.05, 3.63) is 83.6 Å². The zero-order valence-corrected chi connectivity index (χ0v) is 23.0. The summed E-state index contributed by atoms with van der Waals surface area (Å²) in [7, 11) is 0. The van der Waals surface area contributed by atoms with Gasteiger partial charge >= 0.3 is 5.97 Å². The molecule has 2 fully saturated rings. The van der Waals surface area contributed by atoms with Gasteiger partial charge in [-0.05, 0) is 48.4 Å². The fourth-order valence-corrected chi connectivity index (χ4v) is 4.92. The van der Waals surface area contributed by atoms with Crippen LogP contribution in [0.1, 0.15) is 22.6 Å². The number of benzene rings is 1. The van der Waals surface area contributed by atoms with Crippen molar-refractivity contribution in [3.8, 4) is 11.5 Å². The first-order valence-electron chi connectivity index (χ1n) is 13.9. The smallest absolute Gasteiger partial charge is 0.310 e. The summed E-state index contributed by atoms with van der Waals surface area (Å²) < 4.78 is 5.63. The molecule has 1 aromatic carbocycles. The first-order chi connectivity index (χ1) is 20.1. The number of nitrogens with one attached hydrogen (secondary N) is 3. The van der Waals surface area contributed by atoms with E-state index < -0.39 is 0 Å². The van der Waals surface area contributed by atoms with E-state index in [1.54, 1.807) is 24.5 Å². The lowest BCUT2D eigenvalue weighted by Crippen LogP contribution is -2.49. The highest BCUT2D eigenvalue weighted by Gasteiger charge is 2.23. The minimum Gasteiger partial charge on any atom is -0.459 e. The highest BCUT2D eigenvalue weighted by molar-refractivity contribution is 5.76. The normalized spacial score (nSPS) is 15.3. The summed E-state index contributed by atoms with van der Waals surface area (Å²) in [5.41, 5.74) is 4.70. The van der Waals surface area contributed by atoms with Crippen LogP contribution in [0, 0.1) is 6.92 Å². The zero-order valence-electron chi connectivity index (χ0n) is 23.0. The molecule has 3 N–H and O–H groups in total. The van der Waals surface area contributed by atoms with Crippen LogP contribution in [-0.2, 0) is 22.4 Å². The lowest BCUT2D eigenvalue weighted by Gasteiger charge is -2.32. The number of hydrogen-bond donors (Lipinski definition) is 3. The van der Waals surface area contributed by atoms with Gasteiger partial charge in [-0.15, -0.1) is 0 Å². The Morgan fingerprint density at radius 3 is 2.56 bits per heavy atom. The van der Waals surface area contributed by atoms with Gasteiger partial charge in [-0.2, -0.15) is 0 Å². The Balaban J connectivity index is 1.18. The van der Waals surface area contributed by atoms with Crippen LogP contribution in [-0.4, -0.2) is 76.3 Å². The van der Waals surface area contributed by atoms with E-state index in [0.29, 0.717) is 35.4 Å². The van der Waals surface area contributed by atoms with Crippen LogP contribution in [0.25, 0.3) is 11.5 Å². The standard InChI is InChI=1S/C30H33N9O2/c1-20-3-2-4-24(35-20)30-34-10-8-27(38-30)36-26-7-9-33-28(37-26)16-21-5-6-25(39-13-11-31-12-14-39)22(15-21)17-29(40)41-23-18-32-19-23/h2-10,15,23,31-32H,11-14,16-19H2,1H3,(H,33,34,36,37,38). The summed E-state index contributed by atoms with van der Waals surface area (Å²) in [5, 5.41) is 9.80. The van der Waals surface area contributed by atoms with Gasteiger partial charge in [-0.3, -0.25) is 4.79 Å². The first-order valence-corrected chi connectivity index (χ1v) is 13.9. The molecule has 3 aromatic heterocycles. The second kappa shape index (κ2) is 12.4. The molecule has 11 heteroatoms. The largest absolute Gasteiger partial charge is 0.459 e. The topological polar surface area (TPSA) is 130 Å². The SMILES string of the molecule is Cc1cccc(-c2nccc(Nc3ccnc(Cc4ccc(N5CCNCC5)c(CC(=O)OC5CNC5)c4)n3)n2)n1. The fourth-order valence-electron chi connectivity index (χ4n) is 4.92. The summed E-state index contributed by atoms with van der Waals surface area (Å²) in [6, 6.07) is 15.7. The van der Waals surface area contributed by atoms with Gasteiger partial charge in [0.05, 0.1) is 6.42 Å². The van der Waals surface area contributed by atoms with Crippen molar-refractivity contribution in [2.45, 2.75) is 25.9 Å². The minimum atomic E-state index is -0.197. The van der Waals surface area contributed by atoms with Crippen molar-refractivity contribution in [2.75, 3.05) is 49.5 Å². The van der Waals surface area contributed by atoms with Gasteiger partial charge in [0.1, 0.15) is 29.3 Å². The monoisotopic (exact) mass is 551 g/mol. The molecule has 41 heavy (non-hydrogen) atoms. The molecule has 11 nitrogen and oxygen atoms in total. The molecule has 0 unspecified atom stereocenters. The van der Waals surface area contributed by atoms with Gasteiger partial charge in [0.15, 0.2) is 5.82 Å². The molecule has 5 heterocycles. The molecule has 2 aliphatic heterocycles. The maximum Gasteiger partial charge on any atom is 0.310 e. The zero-order chi connectivity index (χ0) is 28.0. The second-order valence-corrected chi connectivity index (χ2v) is 10.2. The number of piperazine rings is 1. The van der Waals surface area contributed by atoms with Gasteiger partial charge in [-0.25, -0.2) is 24.9 Å². The Bertz CT molecular complexity index is 1520. The molecular weight excluding hydrogens is 518 g/mol. The Hall–Kier alpha value is -4.48. The van der Waals surface area contributed by atoms with Crippen LogP contribution >= 0.6 is 0 Å². The summed E-state index contributed by atoms with van der Waals surface area (Å²) in [6.07, 6.45) is 4.15. The third-order valence-corrected chi connectivity index (χ3v) is 7.08. The number of carbonyl (C=O) groups is 1. The Labute approximate surface area is 238 Å². The summed E-state index contributed by atoms with van der Waals surface area (Å²) >= 11 is 0. The molecule has 0 bridgehead atoms. The number of nitrogens with zero attached hydrogens (tertiary/aromatic N) is 6. The molecule has 2 aliphatic rings. The van der Waals surface area contributed by atoms with Gasteiger partial charge < -0.3 is 25.6 Å². The van der Waals surface area contributed by atoms with Crippen molar-refractivity contribution in [1.29, 1.82) is 0 Å². The molecule has 0 spiro atoms. The van der Waals surface area contributed by atoms with E-state index in [1.807, 2.05) is 25.1 Å². The van der Waals surface area contributed by atoms with Crippen LogP contribution in [0.4, 0.5) is 17.3 Å². The molecule has 0 radical (unpaired) electrons. The lowest BCUT2D eigenvalue weighted by atomic mass is 10.0. The number of carbonyl (C=O) groups excluding carboxylic acids is 1. The van der Waals surface area contributed by atoms with Gasteiger partial charge in [-0.1, -0.05) is 18.2 Å². The van der Waals surface area contributed by atoms with Crippen molar-refractivity contribution in [3.63, 3.8) is 0 Å². The number of pyridine rings is 1. The van der Waals surface area contributed by atoms with Gasteiger partial charge in [0.2, 0.25) is 0 Å². The Kier molecular flexibility index (Phi) is 8.06. The quantitative estimate of drug-likeness (QED) is 0.265. The molecule has 4 aromatic rings. The van der Waals surface area contributed by atoms with E-state index in [2.05, 4.69) is 59.0 Å². The summed E-state index contributed by atoms with van der Waals surface area (Å²) in [4.78, 5) is 37.8. The van der Waals surface area contributed by atoms with Crippen LogP contribution in [0.15, 0.2) is 60.9 Å². The summed E-state index contributed by atoms with van der Waals surface area (Å²) in [5.74, 6) is 2.25. The maximum absolute atomic E-state index is 12.7. The number of anilines is 3. The molecule has 0 saturated carbocycles. The molecule has 2 saturated heterocycles. The average molecular weight is 552 g/mol. The predicted octanol–water partition coefficient (Wildman–Crippen LogP) is 2.44. The number of esters is 1. The first kappa shape index (κ1) is 26.7. The molecule has 6 rings (SSSR count). The molecule has 0 amide bonds.